The van der Waals surface area contributed by atoms with Crippen molar-refractivity contribution in [2.75, 3.05) is 13.2 Å². The van der Waals surface area contributed by atoms with Gasteiger partial charge in [0.25, 0.3) is 0 Å². The number of rotatable bonds is 27. The minimum atomic E-state index is -0.936. The lowest BCUT2D eigenvalue weighted by molar-refractivity contribution is 0.152. The molecular formula is C28H62O2S2Si2. The van der Waals surface area contributed by atoms with Crippen LogP contribution in [0.15, 0.2) is 0 Å². The predicted molar refractivity (Wildman–Crippen MR) is 167 cm³/mol. The van der Waals surface area contributed by atoms with Crippen molar-refractivity contribution in [1.29, 1.82) is 0 Å². The van der Waals surface area contributed by atoms with Gasteiger partial charge in [0, 0.05) is 13.2 Å². The maximum absolute atomic E-state index is 6.61. The Kier molecular flexibility index (Phi) is 27.9. The van der Waals surface area contributed by atoms with E-state index in [-0.39, 0.29) is 0 Å². The third-order valence-electron chi connectivity index (χ3n) is 6.70. The van der Waals surface area contributed by atoms with Crippen molar-refractivity contribution >= 4 is 39.2 Å². The van der Waals surface area contributed by atoms with E-state index in [1.165, 1.54) is 101 Å². The van der Waals surface area contributed by atoms with Crippen molar-refractivity contribution in [3.05, 3.63) is 0 Å². The smallest absolute Gasteiger partial charge is 0.0980 e. The lowest BCUT2D eigenvalue weighted by Gasteiger charge is -2.30. The van der Waals surface area contributed by atoms with Crippen molar-refractivity contribution in [1.82, 2.24) is 0 Å². The fourth-order valence-electron chi connectivity index (χ4n) is 4.52. The first-order valence-electron chi connectivity index (χ1n) is 15.2. The Morgan fingerprint density at radius 2 is 0.735 bits per heavy atom. The van der Waals surface area contributed by atoms with Gasteiger partial charge >= 0.3 is 0 Å². The average Bonchev–Trinajstić information content (AvgIpc) is 2.84. The second-order valence-electron chi connectivity index (χ2n) is 10.2. The van der Waals surface area contributed by atoms with E-state index >= 15 is 0 Å². The summed E-state index contributed by atoms with van der Waals surface area (Å²) in [4.78, 5) is 0. The Morgan fingerprint density at radius 1 is 0.441 bits per heavy atom. The van der Waals surface area contributed by atoms with Gasteiger partial charge in [0.15, 0.2) is 0 Å². The lowest BCUT2D eigenvalue weighted by atomic mass is 10.3. The summed E-state index contributed by atoms with van der Waals surface area (Å²) in [5.74, 6) is 0. The van der Waals surface area contributed by atoms with Crippen molar-refractivity contribution in [2.24, 2.45) is 0 Å². The summed E-state index contributed by atoms with van der Waals surface area (Å²) in [5.41, 5.74) is 0. The zero-order valence-electron chi connectivity index (χ0n) is 24.1. The molecule has 0 amide bonds. The highest BCUT2D eigenvalue weighted by Crippen LogP contribution is 2.39. The number of hydrogen-bond donors (Lipinski definition) is 0. The van der Waals surface area contributed by atoms with Crippen LogP contribution in [0, 0.1) is 0 Å². The maximum Gasteiger partial charge on any atom is 0.0980 e. The van der Waals surface area contributed by atoms with Gasteiger partial charge in [-0.2, -0.15) is 0 Å². The van der Waals surface area contributed by atoms with E-state index < -0.39 is 17.6 Å². The molecule has 0 radical (unpaired) electrons. The van der Waals surface area contributed by atoms with Crippen LogP contribution in [0.25, 0.3) is 0 Å². The van der Waals surface area contributed by atoms with Gasteiger partial charge in [-0.25, -0.2) is 0 Å². The molecule has 34 heavy (non-hydrogen) atoms. The first-order valence-corrected chi connectivity index (χ1v) is 22.1. The van der Waals surface area contributed by atoms with Gasteiger partial charge in [0.05, 0.1) is 27.7 Å². The van der Waals surface area contributed by atoms with Gasteiger partial charge in [-0.1, -0.05) is 164 Å². The van der Waals surface area contributed by atoms with Gasteiger partial charge in [0.1, 0.15) is 0 Å². The third kappa shape index (κ3) is 19.2. The Balaban J connectivity index is 5.32. The largest absolute Gasteiger partial charge is 0.371 e. The summed E-state index contributed by atoms with van der Waals surface area (Å²) in [5, 5.41) is 0.930. The molecule has 6 heteroatoms. The summed E-state index contributed by atoms with van der Waals surface area (Å²) in [6.45, 7) is 15.7. The summed E-state index contributed by atoms with van der Waals surface area (Å²) in [6, 6.07) is 5.86. The van der Waals surface area contributed by atoms with Crippen LogP contribution in [0.5, 0.6) is 0 Å². The summed E-state index contributed by atoms with van der Waals surface area (Å²) in [6.07, 6.45) is 18.8. The van der Waals surface area contributed by atoms with Crippen LogP contribution in [-0.4, -0.2) is 40.9 Å². The first kappa shape index (κ1) is 35.1. The predicted octanol–water partition coefficient (Wildman–Crippen LogP) is 10.2. The fourth-order valence-corrected chi connectivity index (χ4v) is 18.6. The standard InChI is InChI=1S/C28H62O2S2Si2/c1-7-13-17-23-33(24-18-14-8-2)27(29-21-11-5)31-32-28(30-22-12-6)34(25-19-15-9-3)26-20-16-10-4/h27-28,33-34H,7-26H2,1-6H3. The highest BCUT2D eigenvalue weighted by atomic mass is 33.1. The summed E-state index contributed by atoms with van der Waals surface area (Å²) >= 11 is 0. The molecule has 2 atom stereocenters. The van der Waals surface area contributed by atoms with E-state index in [2.05, 4.69) is 63.1 Å². The van der Waals surface area contributed by atoms with Crippen LogP contribution >= 0.6 is 21.6 Å². The lowest BCUT2D eigenvalue weighted by Crippen LogP contribution is -2.33. The van der Waals surface area contributed by atoms with Crippen molar-refractivity contribution in [3.63, 3.8) is 0 Å². The van der Waals surface area contributed by atoms with Gasteiger partial charge in [-0.3, -0.25) is 0 Å². The minimum Gasteiger partial charge on any atom is -0.371 e. The van der Waals surface area contributed by atoms with Crippen LogP contribution in [0.1, 0.15) is 131 Å². The molecule has 0 aliphatic carbocycles. The molecule has 0 heterocycles. The molecule has 2 unspecified atom stereocenters. The third-order valence-corrected chi connectivity index (χ3v) is 19.8. The molecule has 0 aromatic rings. The topological polar surface area (TPSA) is 18.5 Å². The van der Waals surface area contributed by atoms with E-state index in [1.807, 2.05) is 0 Å². The molecule has 0 aliphatic heterocycles. The fraction of sp³-hybridized carbons (Fsp3) is 1.00. The van der Waals surface area contributed by atoms with Crippen LogP contribution in [0.2, 0.25) is 24.2 Å². The highest BCUT2D eigenvalue weighted by molar-refractivity contribution is 8.77. The van der Waals surface area contributed by atoms with E-state index in [4.69, 9.17) is 9.47 Å². The van der Waals surface area contributed by atoms with E-state index in [0.717, 1.165) is 26.1 Å². The molecule has 0 fully saturated rings. The Bertz CT molecular complexity index is 349. The second kappa shape index (κ2) is 27.1. The van der Waals surface area contributed by atoms with Crippen LogP contribution in [0.3, 0.4) is 0 Å². The van der Waals surface area contributed by atoms with E-state index in [1.54, 1.807) is 0 Å². The van der Waals surface area contributed by atoms with Crippen molar-refractivity contribution in [2.45, 2.75) is 166 Å². The van der Waals surface area contributed by atoms with E-state index in [0.29, 0.717) is 10.1 Å². The average molecular weight is 551 g/mol. The Labute approximate surface area is 226 Å². The molecule has 2 nitrogen and oxygen atoms in total. The molecular weight excluding hydrogens is 489 g/mol. The summed E-state index contributed by atoms with van der Waals surface area (Å²) < 4.78 is 13.2. The first-order chi connectivity index (χ1) is 16.7. The molecule has 0 aliphatic rings. The van der Waals surface area contributed by atoms with E-state index in [9.17, 15) is 0 Å². The summed E-state index contributed by atoms with van der Waals surface area (Å²) in [7, 11) is 2.36. The molecule has 0 saturated heterocycles. The molecule has 0 aromatic carbocycles. The quantitative estimate of drug-likeness (QED) is 0.0438. The number of hydrogen-bond acceptors (Lipinski definition) is 4. The maximum atomic E-state index is 6.61. The minimum absolute atomic E-state index is 0.465. The number of unbranched alkanes of at least 4 members (excludes halogenated alkanes) is 8. The molecule has 0 rings (SSSR count). The van der Waals surface area contributed by atoms with Gasteiger partial charge < -0.3 is 9.47 Å². The Hall–Kier alpha value is 1.05. The SMILES string of the molecule is CCCCC[SiH](CCCCC)C(OCCC)SSC(OCCC)[SiH](CCCCC)CCCCC. The molecule has 0 aromatic heterocycles. The second-order valence-corrected chi connectivity index (χ2v) is 20.2. The zero-order valence-corrected chi connectivity index (χ0v) is 28.0. The van der Waals surface area contributed by atoms with Crippen LogP contribution in [0.4, 0.5) is 0 Å². The van der Waals surface area contributed by atoms with Crippen LogP contribution < -0.4 is 0 Å². The van der Waals surface area contributed by atoms with Gasteiger partial charge in [0.2, 0.25) is 0 Å². The van der Waals surface area contributed by atoms with Crippen LogP contribution in [-0.2, 0) is 9.47 Å². The molecule has 0 N–H and O–H groups in total. The number of ether oxygens (including phenoxy) is 2. The van der Waals surface area contributed by atoms with Crippen molar-refractivity contribution < 1.29 is 9.47 Å². The normalized spacial score (nSPS) is 13.8. The molecule has 0 saturated carbocycles. The monoisotopic (exact) mass is 550 g/mol. The highest BCUT2D eigenvalue weighted by Gasteiger charge is 2.29. The van der Waals surface area contributed by atoms with Gasteiger partial charge in [-0.05, 0) is 12.8 Å². The zero-order chi connectivity index (χ0) is 25.3. The van der Waals surface area contributed by atoms with Gasteiger partial charge in [-0.15, -0.1) is 0 Å². The molecule has 0 bridgehead atoms. The van der Waals surface area contributed by atoms with Crippen molar-refractivity contribution in [3.8, 4) is 0 Å². The molecule has 0 spiro atoms. The molecule has 206 valence electrons. The Morgan fingerprint density at radius 3 is 0.971 bits per heavy atom.